The summed E-state index contributed by atoms with van der Waals surface area (Å²) in [4.78, 5) is 16.1. The second-order valence-corrected chi connectivity index (χ2v) is 6.81. The number of rotatable bonds is 3. The lowest BCUT2D eigenvalue weighted by molar-refractivity contribution is -0.133. The van der Waals surface area contributed by atoms with Gasteiger partial charge in [-0.1, -0.05) is 18.2 Å². The molecular weight excluding hydrogens is 268 g/mol. The minimum absolute atomic E-state index is 0.0715. The van der Waals surface area contributed by atoms with E-state index in [0.717, 1.165) is 44.6 Å². The number of carbonyl (C=O) groups is 1. The summed E-state index contributed by atoms with van der Waals surface area (Å²) in [6.45, 7) is 2.59. The van der Waals surface area contributed by atoms with Crippen LogP contribution in [0, 0.1) is 5.92 Å². The molecule has 108 valence electrons. The number of nitrogens with zero attached hydrogens (tertiary/aromatic N) is 1. The van der Waals surface area contributed by atoms with E-state index in [4.69, 9.17) is 5.73 Å². The Balaban J connectivity index is 1.64. The van der Waals surface area contributed by atoms with Crippen molar-refractivity contribution in [2.24, 2.45) is 11.7 Å². The third-order valence-corrected chi connectivity index (χ3v) is 5.68. The van der Waals surface area contributed by atoms with E-state index in [9.17, 15) is 4.79 Å². The predicted molar refractivity (Wildman–Crippen MR) is 82.9 cm³/mol. The standard InChI is InChI=1S/C16H22N2OS/c17-8-5-12-6-9-18(10-7-12)16(19)14-11-20-15-4-2-1-3-13(14)15/h1-4,12,14H,5-11,17H2. The summed E-state index contributed by atoms with van der Waals surface area (Å²) in [6, 6.07) is 8.33. The highest BCUT2D eigenvalue weighted by atomic mass is 32.2. The molecule has 0 aliphatic carbocycles. The average molecular weight is 290 g/mol. The number of amides is 1. The molecule has 0 spiro atoms. The lowest BCUT2D eigenvalue weighted by Gasteiger charge is -2.33. The van der Waals surface area contributed by atoms with Crippen LogP contribution in [0.25, 0.3) is 0 Å². The molecule has 2 aliphatic heterocycles. The number of nitrogens with two attached hydrogens (primary N) is 1. The highest BCUT2D eigenvalue weighted by Crippen LogP contribution is 2.40. The van der Waals surface area contributed by atoms with Crippen molar-refractivity contribution >= 4 is 17.7 Å². The topological polar surface area (TPSA) is 46.3 Å². The van der Waals surface area contributed by atoms with Gasteiger partial charge in [0.05, 0.1) is 5.92 Å². The van der Waals surface area contributed by atoms with Crippen LogP contribution in [0.1, 0.15) is 30.7 Å². The monoisotopic (exact) mass is 290 g/mol. The van der Waals surface area contributed by atoms with E-state index >= 15 is 0 Å². The molecule has 2 N–H and O–H groups in total. The molecule has 1 aromatic rings. The van der Waals surface area contributed by atoms with Crippen LogP contribution < -0.4 is 5.73 Å². The van der Waals surface area contributed by atoms with Crippen molar-refractivity contribution in [3.63, 3.8) is 0 Å². The van der Waals surface area contributed by atoms with Crippen LogP contribution in [0.3, 0.4) is 0 Å². The van der Waals surface area contributed by atoms with Crippen molar-refractivity contribution in [3.8, 4) is 0 Å². The van der Waals surface area contributed by atoms with Gasteiger partial charge in [0.25, 0.3) is 0 Å². The van der Waals surface area contributed by atoms with Crippen molar-refractivity contribution < 1.29 is 4.79 Å². The molecular formula is C16H22N2OS. The fourth-order valence-corrected chi connectivity index (χ4v) is 4.49. The third-order valence-electron chi connectivity index (χ3n) is 4.50. The van der Waals surface area contributed by atoms with Crippen LogP contribution in [0.4, 0.5) is 0 Å². The van der Waals surface area contributed by atoms with Gasteiger partial charge in [0, 0.05) is 23.7 Å². The summed E-state index contributed by atoms with van der Waals surface area (Å²) in [5, 5.41) is 0. The molecule has 0 bridgehead atoms. The van der Waals surface area contributed by atoms with Crippen molar-refractivity contribution in [2.45, 2.75) is 30.1 Å². The Morgan fingerprint density at radius 2 is 2.05 bits per heavy atom. The smallest absolute Gasteiger partial charge is 0.231 e. The number of likely N-dealkylation sites (tertiary alicyclic amines) is 1. The van der Waals surface area contributed by atoms with Gasteiger partial charge in [0.15, 0.2) is 0 Å². The first-order valence-electron chi connectivity index (χ1n) is 7.50. The van der Waals surface area contributed by atoms with Crippen molar-refractivity contribution in [3.05, 3.63) is 29.8 Å². The molecule has 2 aliphatic rings. The summed E-state index contributed by atoms with van der Waals surface area (Å²) >= 11 is 1.81. The Bertz CT molecular complexity index is 483. The van der Waals surface area contributed by atoms with E-state index in [2.05, 4.69) is 23.1 Å². The molecule has 0 saturated carbocycles. The Labute approximate surface area is 124 Å². The van der Waals surface area contributed by atoms with Crippen LogP contribution in [0.15, 0.2) is 29.2 Å². The van der Waals surface area contributed by atoms with Gasteiger partial charge >= 0.3 is 0 Å². The third kappa shape index (κ3) is 2.72. The molecule has 3 rings (SSSR count). The van der Waals surface area contributed by atoms with Crippen LogP contribution in [-0.2, 0) is 4.79 Å². The van der Waals surface area contributed by atoms with Crippen molar-refractivity contribution in [2.75, 3.05) is 25.4 Å². The molecule has 1 fully saturated rings. The summed E-state index contributed by atoms with van der Waals surface area (Å²) in [5.74, 6) is 2.02. The van der Waals surface area contributed by atoms with Gasteiger partial charge in [-0.2, -0.15) is 0 Å². The highest BCUT2D eigenvalue weighted by Gasteiger charge is 2.33. The van der Waals surface area contributed by atoms with Gasteiger partial charge in [-0.15, -0.1) is 11.8 Å². The molecule has 3 nitrogen and oxygen atoms in total. The maximum absolute atomic E-state index is 12.7. The van der Waals surface area contributed by atoms with Crippen LogP contribution in [0.2, 0.25) is 0 Å². The minimum Gasteiger partial charge on any atom is -0.342 e. The lowest BCUT2D eigenvalue weighted by atomic mass is 9.92. The molecule has 0 aromatic heterocycles. The normalized spacial score (nSPS) is 22.9. The van der Waals surface area contributed by atoms with E-state index in [1.807, 2.05) is 17.8 Å². The molecule has 1 saturated heterocycles. The number of benzene rings is 1. The van der Waals surface area contributed by atoms with E-state index in [1.54, 1.807) is 0 Å². The van der Waals surface area contributed by atoms with E-state index in [-0.39, 0.29) is 5.92 Å². The molecule has 20 heavy (non-hydrogen) atoms. The molecule has 1 unspecified atom stereocenters. The average Bonchev–Trinajstić information content (AvgIpc) is 2.92. The zero-order valence-electron chi connectivity index (χ0n) is 11.8. The van der Waals surface area contributed by atoms with Gasteiger partial charge in [-0.25, -0.2) is 0 Å². The number of hydrogen-bond acceptors (Lipinski definition) is 3. The summed E-state index contributed by atoms with van der Waals surface area (Å²) in [7, 11) is 0. The van der Waals surface area contributed by atoms with Gasteiger partial charge in [-0.05, 0) is 43.4 Å². The number of hydrogen-bond donors (Lipinski definition) is 1. The Hall–Kier alpha value is -1.00. The molecule has 1 amide bonds. The van der Waals surface area contributed by atoms with Crippen LogP contribution in [-0.4, -0.2) is 36.2 Å². The molecule has 1 atom stereocenters. The number of fused-ring (bicyclic) bond motifs is 1. The fourth-order valence-electron chi connectivity index (χ4n) is 3.27. The number of thioether (sulfide) groups is 1. The minimum atomic E-state index is 0.0715. The Kier molecular flexibility index (Phi) is 4.32. The quantitative estimate of drug-likeness (QED) is 0.930. The van der Waals surface area contributed by atoms with Crippen molar-refractivity contribution in [1.82, 2.24) is 4.90 Å². The van der Waals surface area contributed by atoms with E-state index in [1.165, 1.54) is 10.5 Å². The zero-order valence-corrected chi connectivity index (χ0v) is 12.6. The highest BCUT2D eigenvalue weighted by molar-refractivity contribution is 7.99. The van der Waals surface area contributed by atoms with E-state index in [0.29, 0.717) is 11.8 Å². The second-order valence-electron chi connectivity index (χ2n) is 5.75. The Morgan fingerprint density at radius 3 is 2.80 bits per heavy atom. The van der Waals surface area contributed by atoms with Gasteiger partial charge < -0.3 is 10.6 Å². The summed E-state index contributed by atoms with van der Waals surface area (Å²) in [6.07, 6.45) is 3.33. The molecule has 2 heterocycles. The van der Waals surface area contributed by atoms with Gasteiger partial charge in [0.2, 0.25) is 5.91 Å². The lowest BCUT2D eigenvalue weighted by Crippen LogP contribution is -2.41. The van der Waals surface area contributed by atoms with Crippen LogP contribution >= 0.6 is 11.8 Å². The zero-order chi connectivity index (χ0) is 13.9. The fraction of sp³-hybridized carbons (Fsp3) is 0.562. The predicted octanol–water partition coefficient (Wildman–Crippen LogP) is 2.46. The summed E-state index contributed by atoms with van der Waals surface area (Å²) < 4.78 is 0. The maximum Gasteiger partial charge on any atom is 0.231 e. The van der Waals surface area contributed by atoms with Crippen LogP contribution in [0.5, 0.6) is 0 Å². The molecule has 4 heteroatoms. The first kappa shape index (κ1) is 14.0. The number of carbonyl (C=O) groups excluding carboxylic acids is 1. The Morgan fingerprint density at radius 1 is 1.30 bits per heavy atom. The van der Waals surface area contributed by atoms with Crippen molar-refractivity contribution in [1.29, 1.82) is 0 Å². The maximum atomic E-state index is 12.7. The van der Waals surface area contributed by atoms with Gasteiger partial charge in [0.1, 0.15) is 0 Å². The number of piperidine rings is 1. The first-order chi connectivity index (χ1) is 9.79. The SMILES string of the molecule is NCCC1CCN(C(=O)C2CSc3ccccc32)CC1. The second kappa shape index (κ2) is 6.19. The van der Waals surface area contributed by atoms with E-state index < -0.39 is 0 Å². The molecule has 0 radical (unpaired) electrons. The van der Waals surface area contributed by atoms with Gasteiger partial charge in [-0.3, -0.25) is 4.79 Å². The summed E-state index contributed by atoms with van der Waals surface area (Å²) in [5.41, 5.74) is 6.85. The largest absolute Gasteiger partial charge is 0.342 e. The molecule has 1 aromatic carbocycles. The first-order valence-corrected chi connectivity index (χ1v) is 8.48.